The monoisotopic (exact) mass is 537 g/mol. The first-order chi connectivity index (χ1) is 16.2. The second kappa shape index (κ2) is 9.58. The van der Waals surface area contributed by atoms with Crippen molar-refractivity contribution in [2.75, 3.05) is 4.72 Å². The Morgan fingerprint density at radius 3 is 1.71 bits per heavy atom. The minimum atomic E-state index is -5.15. The molecule has 0 bridgehead atoms. The van der Waals surface area contributed by atoms with Crippen molar-refractivity contribution >= 4 is 38.9 Å². The molecule has 1 aromatic heterocycles. The summed E-state index contributed by atoms with van der Waals surface area (Å²) in [7, 11) is -3.83. The van der Waals surface area contributed by atoms with Crippen LogP contribution in [-0.4, -0.2) is 20.2 Å². The summed E-state index contributed by atoms with van der Waals surface area (Å²) in [5.41, 5.74) is -0.733. The Balaban J connectivity index is 1.69. The van der Waals surface area contributed by atoms with Crippen molar-refractivity contribution in [3.63, 3.8) is 0 Å². The topological polar surface area (TPSA) is 104 Å². The van der Waals surface area contributed by atoms with E-state index in [2.05, 4.69) is 4.72 Å². The SMILES string of the molecule is O=C(NNC(=O)c1cc(C(F)(F)F)cc(C(F)(F)F)c1)c1ccc(NS(=O)(=O)c2cccs2)cc1. The quantitative estimate of drug-likeness (QED) is 0.325. The summed E-state index contributed by atoms with van der Waals surface area (Å²) in [5.74, 6) is -2.38. The normalized spacial score (nSPS) is 12.2. The van der Waals surface area contributed by atoms with Crippen LogP contribution in [0.3, 0.4) is 0 Å². The molecule has 0 aliphatic carbocycles. The van der Waals surface area contributed by atoms with Crippen LogP contribution in [0.15, 0.2) is 64.2 Å². The lowest BCUT2D eigenvalue weighted by molar-refractivity contribution is -0.143. The van der Waals surface area contributed by atoms with Crippen LogP contribution in [0, 0.1) is 0 Å². The van der Waals surface area contributed by atoms with E-state index in [1.807, 2.05) is 5.43 Å². The van der Waals surface area contributed by atoms with Gasteiger partial charge in [0.25, 0.3) is 21.8 Å². The minimum absolute atomic E-state index is 0.0605. The van der Waals surface area contributed by atoms with Gasteiger partial charge in [-0.05, 0) is 53.9 Å². The number of thiophene rings is 1. The number of carbonyl (C=O) groups excluding carboxylic acids is 2. The summed E-state index contributed by atoms with van der Waals surface area (Å²) in [6.45, 7) is 0. The van der Waals surface area contributed by atoms with Crippen molar-refractivity contribution in [2.24, 2.45) is 0 Å². The second-order valence-corrected chi connectivity index (χ2v) is 9.67. The zero-order valence-corrected chi connectivity index (χ0v) is 18.6. The standard InChI is InChI=1S/C20H13F6N3O4S2/c21-19(22,23)13-8-12(9-14(10-13)20(24,25)26)18(31)28-27-17(30)11-3-5-15(6-4-11)29-35(32,33)16-2-1-7-34-16/h1-10,29H,(H,27,30)(H,28,31). The van der Waals surface area contributed by atoms with E-state index in [1.165, 1.54) is 30.3 Å². The van der Waals surface area contributed by atoms with Crippen LogP contribution in [0.4, 0.5) is 32.0 Å². The van der Waals surface area contributed by atoms with E-state index >= 15 is 0 Å². The zero-order valence-electron chi connectivity index (χ0n) is 17.0. The third-order valence-electron chi connectivity index (χ3n) is 4.30. The van der Waals surface area contributed by atoms with Gasteiger partial charge >= 0.3 is 12.4 Å². The fourth-order valence-corrected chi connectivity index (χ4v) is 4.71. The molecule has 0 spiro atoms. The molecule has 3 rings (SSSR count). The summed E-state index contributed by atoms with van der Waals surface area (Å²) in [5, 5.41) is 1.57. The van der Waals surface area contributed by atoms with E-state index < -0.39 is 50.9 Å². The molecule has 0 unspecified atom stereocenters. The van der Waals surface area contributed by atoms with Crippen molar-refractivity contribution in [1.29, 1.82) is 0 Å². The molecule has 0 saturated carbocycles. The van der Waals surface area contributed by atoms with Crippen molar-refractivity contribution < 1.29 is 44.3 Å². The van der Waals surface area contributed by atoms with Gasteiger partial charge in [-0.1, -0.05) is 6.07 Å². The average molecular weight is 537 g/mol. The number of hydrogen-bond donors (Lipinski definition) is 3. The average Bonchev–Trinajstić information content (AvgIpc) is 3.32. The fourth-order valence-electron chi connectivity index (χ4n) is 2.66. The van der Waals surface area contributed by atoms with Crippen molar-refractivity contribution in [3.05, 3.63) is 82.2 Å². The van der Waals surface area contributed by atoms with Gasteiger partial charge in [-0.25, -0.2) is 8.42 Å². The highest BCUT2D eigenvalue weighted by Gasteiger charge is 2.37. The second-order valence-electron chi connectivity index (χ2n) is 6.82. The Kier molecular flexibility index (Phi) is 7.12. The van der Waals surface area contributed by atoms with Crippen molar-refractivity contribution in [3.8, 4) is 0 Å². The largest absolute Gasteiger partial charge is 0.416 e. The van der Waals surface area contributed by atoms with Crippen LogP contribution < -0.4 is 15.6 Å². The molecule has 2 aromatic carbocycles. The van der Waals surface area contributed by atoms with Gasteiger partial charge < -0.3 is 0 Å². The fraction of sp³-hybridized carbons (Fsp3) is 0.100. The molecule has 35 heavy (non-hydrogen) atoms. The summed E-state index contributed by atoms with van der Waals surface area (Å²) in [6, 6.07) is 8.07. The van der Waals surface area contributed by atoms with E-state index in [1.54, 1.807) is 16.9 Å². The first-order valence-electron chi connectivity index (χ1n) is 9.23. The van der Waals surface area contributed by atoms with E-state index in [9.17, 15) is 44.3 Å². The Morgan fingerprint density at radius 2 is 1.26 bits per heavy atom. The van der Waals surface area contributed by atoms with Crippen LogP contribution in [-0.2, 0) is 22.4 Å². The van der Waals surface area contributed by atoms with Crippen LogP contribution in [0.1, 0.15) is 31.8 Å². The summed E-state index contributed by atoms with van der Waals surface area (Å²) in [6.07, 6.45) is -10.3. The number of carbonyl (C=O) groups is 2. The number of hydrazine groups is 1. The molecule has 7 nitrogen and oxygen atoms in total. The molecule has 0 aliphatic heterocycles. The first kappa shape index (κ1) is 26.0. The maximum absolute atomic E-state index is 12.9. The van der Waals surface area contributed by atoms with Gasteiger partial charge in [0.1, 0.15) is 4.21 Å². The highest BCUT2D eigenvalue weighted by atomic mass is 32.2. The molecular weight excluding hydrogens is 524 g/mol. The number of sulfonamides is 1. The molecule has 3 N–H and O–H groups in total. The van der Waals surface area contributed by atoms with Crippen LogP contribution >= 0.6 is 11.3 Å². The Morgan fingerprint density at radius 1 is 0.743 bits per heavy atom. The number of anilines is 1. The maximum atomic E-state index is 12.9. The number of halogens is 6. The number of rotatable bonds is 5. The van der Waals surface area contributed by atoms with Crippen molar-refractivity contribution in [1.82, 2.24) is 10.9 Å². The summed E-state index contributed by atoms with van der Waals surface area (Å²) >= 11 is 0.989. The number of hydrogen-bond acceptors (Lipinski definition) is 5. The first-order valence-corrected chi connectivity index (χ1v) is 11.6. The highest BCUT2D eigenvalue weighted by Crippen LogP contribution is 2.36. The molecular formula is C20H13F6N3O4S2. The van der Waals surface area contributed by atoms with Gasteiger partial charge in [-0.15, -0.1) is 11.3 Å². The predicted octanol–water partition coefficient (Wildman–Crippen LogP) is 4.66. The van der Waals surface area contributed by atoms with E-state index in [4.69, 9.17) is 0 Å². The smallest absolute Gasteiger partial charge is 0.279 e. The summed E-state index contributed by atoms with van der Waals surface area (Å²) in [4.78, 5) is 24.3. The molecule has 3 aromatic rings. The molecule has 0 fully saturated rings. The number of amides is 2. The van der Waals surface area contributed by atoms with Gasteiger partial charge in [0.05, 0.1) is 11.1 Å². The zero-order chi connectivity index (χ0) is 26.0. The van der Waals surface area contributed by atoms with Gasteiger partial charge in [0.2, 0.25) is 0 Å². The van der Waals surface area contributed by atoms with Gasteiger partial charge in [-0.3, -0.25) is 25.2 Å². The van der Waals surface area contributed by atoms with E-state index in [0.717, 1.165) is 11.3 Å². The van der Waals surface area contributed by atoms with Gasteiger partial charge in [0.15, 0.2) is 0 Å². The lowest BCUT2D eigenvalue weighted by Gasteiger charge is -2.14. The van der Waals surface area contributed by atoms with E-state index in [0.29, 0.717) is 0 Å². The lowest BCUT2D eigenvalue weighted by Crippen LogP contribution is -2.41. The van der Waals surface area contributed by atoms with Crippen LogP contribution in [0.25, 0.3) is 0 Å². The molecule has 0 aliphatic rings. The Labute approximate surface area is 197 Å². The van der Waals surface area contributed by atoms with Crippen LogP contribution in [0.5, 0.6) is 0 Å². The molecule has 0 radical (unpaired) electrons. The highest BCUT2D eigenvalue weighted by molar-refractivity contribution is 7.94. The van der Waals surface area contributed by atoms with Crippen molar-refractivity contribution in [2.45, 2.75) is 16.6 Å². The third kappa shape index (κ3) is 6.51. The third-order valence-corrected chi connectivity index (χ3v) is 7.08. The predicted molar refractivity (Wildman–Crippen MR) is 113 cm³/mol. The Hall–Kier alpha value is -3.59. The van der Waals surface area contributed by atoms with E-state index in [-0.39, 0.29) is 33.7 Å². The number of benzene rings is 2. The Bertz CT molecular complexity index is 1300. The molecule has 1 heterocycles. The summed E-state index contributed by atoms with van der Waals surface area (Å²) < 4.78 is 104. The molecule has 2 amide bonds. The number of alkyl halides is 6. The van der Waals surface area contributed by atoms with Gasteiger partial charge in [-0.2, -0.15) is 26.3 Å². The molecule has 186 valence electrons. The van der Waals surface area contributed by atoms with Crippen LogP contribution in [0.2, 0.25) is 0 Å². The van der Waals surface area contributed by atoms with Gasteiger partial charge in [0, 0.05) is 16.8 Å². The maximum Gasteiger partial charge on any atom is 0.416 e. The number of nitrogens with one attached hydrogen (secondary N) is 3. The molecule has 15 heteroatoms. The molecule has 0 atom stereocenters. The lowest BCUT2D eigenvalue weighted by atomic mass is 10.0. The molecule has 0 saturated heterocycles. The minimum Gasteiger partial charge on any atom is -0.279 e.